The van der Waals surface area contributed by atoms with Crippen molar-refractivity contribution in [3.63, 3.8) is 0 Å². The van der Waals surface area contributed by atoms with E-state index in [9.17, 15) is 16.8 Å². The third-order valence-electron chi connectivity index (χ3n) is 5.42. The second kappa shape index (κ2) is 7.22. The van der Waals surface area contributed by atoms with E-state index in [0.29, 0.717) is 22.1 Å². The molecule has 0 aliphatic carbocycles. The third kappa shape index (κ3) is 3.25. The Morgan fingerprint density at radius 1 is 0.938 bits per heavy atom. The molecular formula is C23H16N2O5S2. The van der Waals surface area contributed by atoms with Crippen LogP contribution >= 0.6 is 0 Å². The lowest BCUT2D eigenvalue weighted by atomic mass is 10.0. The van der Waals surface area contributed by atoms with E-state index < -0.39 is 19.9 Å². The average Bonchev–Trinajstić information content (AvgIpc) is 3.24. The molecule has 0 fully saturated rings. The van der Waals surface area contributed by atoms with Gasteiger partial charge in [0.15, 0.2) is 9.84 Å². The van der Waals surface area contributed by atoms with Gasteiger partial charge in [-0.25, -0.2) is 8.42 Å². The Balaban J connectivity index is 1.66. The third-order valence-corrected chi connectivity index (χ3v) is 8.83. The summed E-state index contributed by atoms with van der Waals surface area (Å²) in [5.74, 6) is -0.324. The maximum atomic E-state index is 13.5. The lowest BCUT2D eigenvalue weighted by Gasteiger charge is -2.29. The molecule has 5 rings (SSSR count). The highest BCUT2D eigenvalue weighted by Crippen LogP contribution is 2.38. The number of rotatable bonds is 3. The van der Waals surface area contributed by atoms with Crippen molar-refractivity contribution in [1.82, 2.24) is 0 Å². The fourth-order valence-electron chi connectivity index (χ4n) is 3.77. The summed E-state index contributed by atoms with van der Waals surface area (Å²) in [5, 5.41) is 9.40. The maximum absolute atomic E-state index is 13.5. The van der Waals surface area contributed by atoms with Crippen molar-refractivity contribution in [3.8, 4) is 17.2 Å². The molecule has 0 atom stereocenters. The summed E-state index contributed by atoms with van der Waals surface area (Å²) in [6.45, 7) is -0.217. The van der Waals surface area contributed by atoms with Gasteiger partial charge in [-0.15, -0.1) is 0 Å². The number of benzene rings is 3. The van der Waals surface area contributed by atoms with E-state index >= 15 is 0 Å². The van der Waals surface area contributed by atoms with E-state index in [4.69, 9.17) is 9.68 Å². The quantitative estimate of drug-likeness (QED) is 0.454. The van der Waals surface area contributed by atoms with Crippen LogP contribution < -0.4 is 4.31 Å². The maximum Gasteiger partial charge on any atom is 0.297 e. The van der Waals surface area contributed by atoms with Crippen LogP contribution in [0.25, 0.3) is 22.1 Å². The molecule has 3 aromatic carbocycles. The number of hydrogen-bond acceptors (Lipinski definition) is 6. The molecule has 7 nitrogen and oxygen atoms in total. The first-order chi connectivity index (χ1) is 15.3. The summed E-state index contributed by atoms with van der Waals surface area (Å²) >= 11 is 0. The number of sulfone groups is 1. The number of nitriles is 1. The Morgan fingerprint density at radius 2 is 1.66 bits per heavy atom. The van der Waals surface area contributed by atoms with Gasteiger partial charge in [0.2, 0.25) is 5.09 Å². The molecule has 4 aromatic rings. The smallest absolute Gasteiger partial charge is 0.297 e. The first kappa shape index (κ1) is 20.3. The van der Waals surface area contributed by atoms with E-state index in [1.165, 1.54) is 12.1 Å². The second-order valence-corrected chi connectivity index (χ2v) is 11.2. The van der Waals surface area contributed by atoms with E-state index in [1.54, 1.807) is 60.7 Å². The van der Waals surface area contributed by atoms with Crippen LogP contribution in [0.2, 0.25) is 0 Å². The van der Waals surface area contributed by atoms with E-state index in [1.807, 2.05) is 6.07 Å². The van der Waals surface area contributed by atoms with Gasteiger partial charge in [0, 0.05) is 18.0 Å². The topological polar surface area (TPSA) is 108 Å². The normalized spacial score (nSPS) is 15.3. The summed E-state index contributed by atoms with van der Waals surface area (Å²) in [6.07, 6.45) is 0. The molecule has 1 aliphatic rings. The Labute approximate surface area is 185 Å². The molecule has 0 saturated heterocycles. The van der Waals surface area contributed by atoms with Gasteiger partial charge in [-0.05, 0) is 41.5 Å². The molecule has 160 valence electrons. The van der Waals surface area contributed by atoms with Crippen molar-refractivity contribution in [2.45, 2.75) is 9.99 Å². The molecule has 2 heterocycles. The number of anilines is 1. The van der Waals surface area contributed by atoms with E-state index in [0.717, 1.165) is 9.87 Å². The summed E-state index contributed by atoms with van der Waals surface area (Å²) in [6, 6.07) is 21.8. The van der Waals surface area contributed by atoms with Gasteiger partial charge in [-0.3, -0.25) is 4.31 Å². The van der Waals surface area contributed by atoms with Crippen molar-refractivity contribution >= 4 is 36.5 Å². The van der Waals surface area contributed by atoms with Gasteiger partial charge >= 0.3 is 0 Å². The Kier molecular flexibility index (Phi) is 4.58. The highest BCUT2D eigenvalue weighted by Gasteiger charge is 2.37. The lowest BCUT2D eigenvalue weighted by Crippen LogP contribution is -2.39. The Hall–Kier alpha value is -3.61. The number of fused-ring (bicyclic) bond motifs is 2. The van der Waals surface area contributed by atoms with Gasteiger partial charge in [0.1, 0.15) is 5.58 Å². The first-order valence-electron chi connectivity index (χ1n) is 9.68. The number of nitrogens with zero attached hydrogens (tertiary/aromatic N) is 2. The molecule has 0 bridgehead atoms. The average molecular weight is 465 g/mol. The zero-order valence-electron chi connectivity index (χ0n) is 16.6. The number of sulfonamides is 1. The molecule has 0 radical (unpaired) electrons. The predicted octanol–water partition coefficient (Wildman–Crippen LogP) is 3.95. The highest BCUT2D eigenvalue weighted by molar-refractivity contribution is 7.94. The predicted molar refractivity (Wildman–Crippen MR) is 119 cm³/mol. The minimum atomic E-state index is -4.14. The molecule has 0 saturated carbocycles. The largest absolute Gasteiger partial charge is 0.443 e. The van der Waals surface area contributed by atoms with Crippen LogP contribution in [-0.4, -0.2) is 29.1 Å². The van der Waals surface area contributed by atoms with Crippen LogP contribution in [0.5, 0.6) is 0 Å². The van der Waals surface area contributed by atoms with Crippen molar-refractivity contribution in [3.05, 3.63) is 78.4 Å². The highest BCUT2D eigenvalue weighted by atomic mass is 32.2. The molecular weight excluding hydrogens is 448 g/mol. The SMILES string of the molecule is N#Cc1ccc(-c2ccc3c(c2)N(S(=O)(=O)c2cc4ccccc4o2)CCS3(=O)=O)cc1. The molecule has 0 N–H and O–H groups in total. The number of furan rings is 1. The molecule has 32 heavy (non-hydrogen) atoms. The Bertz CT molecular complexity index is 1580. The van der Waals surface area contributed by atoms with Crippen LogP contribution in [0.1, 0.15) is 5.56 Å². The second-order valence-electron chi connectivity index (χ2n) is 7.37. The van der Waals surface area contributed by atoms with Gasteiger partial charge in [0.05, 0.1) is 28.0 Å². The van der Waals surface area contributed by atoms with Crippen molar-refractivity contribution in [2.24, 2.45) is 0 Å². The monoisotopic (exact) mass is 464 g/mol. The van der Waals surface area contributed by atoms with Gasteiger partial charge in [-0.1, -0.05) is 36.4 Å². The minimum Gasteiger partial charge on any atom is -0.443 e. The number of para-hydroxylation sites is 1. The minimum absolute atomic E-state index is 0.0409. The first-order valence-corrected chi connectivity index (χ1v) is 12.8. The summed E-state index contributed by atoms with van der Waals surface area (Å²) in [7, 11) is -7.77. The van der Waals surface area contributed by atoms with Gasteiger partial charge < -0.3 is 4.42 Å². The van der Waals surface area contributed by atoms with Crippen LogP contribution in [-0.2, 0) is 19.9 Å². The molecule has 0 unspecified atom stereocenters. The van der Waals surface area contributed by atoms with E-state index in [-0.39, 0.29) is 28.0 Å². The van der Waals surface area contributed by atoms with Crippen molar-refractivity contribution in [2.75, 3.05) is 16.6 Å². The van der Waals surface area contributed by atoms with Crippen LogP contribution in [0.15, 0.2) is 87.2 Å². The summed E-state index contributed by atoms with van der Waals surface area (Å²) < 4.78 is 58.9. The zero-order valence-corrected chi connectivity index (χ0v) is 18.2. The summed E-state index contributed by atoms with van der Waals surface area (Å²) in [4.78, 5) is -0.0409. The molecule has 1 aromatic heterocycles. The molecule has 0 spiro atoms. The number of hydrogen-bond donors (Lipinski definition) is 0. The standard InChI is InChI=1S/C23H16N2O5S2/c24-15-16-5-7-17(8-6-16)18-9-10-22-20(13-18)25(11-12-31(22,26)27)32(28,29)23-14-19-3-1-2-4-21(19)30-23/h1-10,13-14H,11-12H2. The van der Waals surface area contributed by atoms with Crippen LogP contribution in [0.3, 0.4) is 0 Å². The lowest BCUT2D eigenvalue weighted by molar-refractivity contribution is 0.479. The van der Waals surface area contributed by atoms with Crippen LogP contribution in [0, 0.1) is 11.3 Å². The van der Waals surface area contributed by atoms with Crippen molar-refractivity contribution < 1.29 is 21.3 Å². The van der Waals surface area contributed by atoms with E-state index in [2.05, 4.69) is 0 Å². The van der Waals surface area contributed by atoms with Gasteiger partial charge in [0.25, 0.3) is 10.0 Å². The fraction of sp³-hybridized carbons (Fsp3) is 0.0870. The molecule has 1 aliphatic heterocycles. The molecule has 0 amide bonds. The molecule has 9 heteroatoms. The fourth-order valence-corrected chi connectivity index (χ4v) is 6.78. The summed E-state index contributed by atoms with van der Waals surface area (Å²) in [5.41, 5.74) is 2.37. The van der Waals surface area contributed by atoms with Crippen molar-refractivity contribution in [1.29, 1.82) is 5.26 Å². The Morgan fingerprint density at radius 3 is 2.38 bits per heavy atom. The zero-order chi connectivity index (χ0) is 22.5. The van der Waals surface area contributed by atoms with Crippen LogP contribution in [0.4, 0.5) is 5.69 Å². The van der Waals surface area contributed by atoms with Gasteiger partial charge in [-0.2, -0.15) is 13.7 Å².